The van der Waals surface area contributed by atoms with E-state index in [-0.39, 0.29) is 0 Å². The molecule has 0 radical (unpaired) electrons. The SMILES string of the molecule is c1ccc(-c2cc(-c3ccccc3)cc(-c3c(-c4cccs4)nn4c(-c5ccccc5)cc5ccccc5c34)c2)cc1. The number of benzene rings is 5. The highest BCUT2D eigenvalue weighted by atomic mass is 32.1. The van der Waals surface area contributed by atoms with Crippen molar-refractivity contribution in [3.05, 3.63) is 157 Å². The minimum absolute atomic E-state index is 1.00. The van der Waals surface area contributed by atoms with Gasteiger partial charge >= 0.3 is 0 Å². The normalized spacial score (nSPS) is 11.3. The summed E-state index contributed by atoms with van der Waals surface area (Å²) < 4.78 is 2.17. The van der Waals surface area contributed by atoms with Gasteiger partial charge in [-0.2, -0.15) is 5.10 Å². The Morgan fingerprint density at radius 3 is 1.67 bits per heavy atom. The van der Waals surface area contributed by atoms with Gasteiger partial charge in [0.25, 0.3) is 0 Å². The van der Waals surface area contributed by atoms with E-state index >= 15 is 0 Å². The summed E-state index contributed by atoms with van der Waals surface area (Å²) in [5.41, 5.74) is 11.4. The molecule has 0 amide bonds. The molecule has 5 aromatic carbocycles. The number of aromatic nitrogens is 2. The number of nitrogens with zero attached hydrogens (tertiary/aromatic N) is 2. The van der Waals surface area contributed by atoms with Crippen LogP contribution in [-0.4, -0.2) is 9.61 Å². The second-order valence-corrected chi connectivity index (χ2v) is 11.4. The van der Waals surface area contributed by atoms with Crippen LogP contribution < -0.4 is 0 Å². The largest absolute Gasteiger partial charge is 0.231 e. The molecule has 0 N–H and O–H groups in total. The first-order chi connectivity index (χ1) is 20.8. The summed E-state index contributed by atoms with van der Waals surface area (Å²) in [5.74, 6) is 0. The molecular formula is C39H26N2S. The van der Waals surface area contributed by atoms with Crippen molar-refractivity contribution in [2.24, 2.45) is 0 Å². The fourth-order valence-electron chi connectivity index (χ4n) is 5.93. The predicted octanol–water partition coefficient (Wildman–Crippen LogP) is 10.9. The van der Waals surface area contributed by atoms with E-state index in [0.717, 1.165) is 38.5 Å². The van der Waals surface area contributed by atoms with Gasteiger partial charge in [-0.25, -0.2) is 4.52 Å². The molecule has 3 heteroatoms. The molecule has 0 aliphatic heterocycles. The maximum Gasteiger partial charge on any atom is 0.111 e. The molecule has 0 aliphatic rings. The fourth-order valence-corrected chi connectivity index (χ4v) is 6.64. The summed E-state index contributed by atoms with van der Waals surface area (Å²) in [6, 6.07) is 54.1. The summed E-state index contributed by atoms with van der Waals surface area (Å²) >= 11 is 1.73. The van der Waals surface area contributed by atoms with Crippen molar-refractivity contribution in [1.82, 2.24) is 9.61 Å². The van der Waals surface area contributed by atoms with Gasteiger partial charge in [0.05, 0.1) is 16.1 Å². The van der Waals surface area contributed by atoms with Crippen LogP contribution >= 0.6 is 11.3 Å². The Balaban J connectivity index is 1.52. The van der Waals surface area contributed by atoms with E-state index in [1.165, 1.54) is 33.0 Å². The van der Waals surface area contributed by atoms with Crippen LogP contribution in [0.3, 0.4) is 0 Å². The van der Waals surface area contributed by atoms with E-state index in [2.05, 4.69) is 162 Å². The van der Waals surface area contributed by atoms with Gasteiger partial charge in [-0.05, 0) is 68.9 Å². The number of rotatable bonds is 5. The summed E-state index contributed by atoms with van der Waals surface area (Å²) in [4.78, 5) is 1.16. The van der Waals surface area contributed by atoms with Gasteiger partial charge in [0, 0.05) is 16.5 Å². The maximum atomic E-state index is 5.39. The molecular weight excluding hydrogens is 529 g/mol. The Kier molecular flexibility index (Phi) is 6.02. The van der Waals surface area contributed by atoms with Crippen LogP contribution in [0, 0.1) is 0 Å². The van der Waals surface area contributed by atoms with Crippen molar-refractivity contribution in [2.45, 2.75) is 0 Å². The highest BCUT2D eigenvalue weighted by molar-refractivity contribution is 7.13. The molecule has 0 aliphatic carbocycles. The first-order valence-corrected chi connectivity index (χ1v) is 15.0. The Morgan fingerprint density at radius 2 is 1.05 bits per heavy atom. The molecule has 0 unspecified atom stereocenters. The molecule has 3 heterocycles. The first kappa shape index (κ1) is 24.5. The van der Waals surface area contributed by atoms with Gasteiger partial charge in [-0.3, -0.25) is 0 Å². The van der Waals surface area contributed by atoms with E-state index in [1.807, 2.05) is 0 Å². The van der Waals surface area contributed by atoms with E-state index in [9.17, 15) is 0 Å². The lowest BCUT2D eigenvalue weighted by Gasteiger charge is -2.13. The van der Waals surface area contributed by atoms with Crippen molar-refractivity contribution in [3.8, 4) is 55.2 Å². The Morgan fingerprint density at radius 1 is 0.476 bits per heavy atom. The molecule has 2 nitrogen and oxygen atoms in total. The lowest BCUT2D eigenvalue weighted by molar-refractivity contribution is 0.981. The van der Waals surface area contributed by atoms with Crippen molar-refractivity contribution < 1.29 is 0 Å². The minimum Gasteiger partial charge on any atom is -0.231 e. The number of thiophene rings is 1. The molecule has 0 fully saturated rings. The van der Waals surface area contributed by atoms with Crippen LogP contribution in [0.4, 0.5) is 0 Å². The predicted molar refractivity (Wildman–Crippen MR) is 178 cm³/mol. The van der Waals surface area contributed by atoms with E-state index < -0.39 is 0 Å². The van der Waals surface area contributed by atoms with Crippen LogP contribution in [-0.2, 0) is 0 Å². The maximum absolute atomic E-state index is 5.39. The van der Waals surface area contributed by atoms with Crippen LogP contribution in [0.1, 0.15) is 0 Å². The van der Waals surface area contributed by atoms with Gasteiger partial charge in [0.15, 0.2) is 0 Å². The molecule has 0 atom stereocenters. The molecule has 0 saturated heterocycles. The highest BCUT2D eigenvalue weighted by Crippen LogP contribution is 2.44. The third-order valence-corrected chi connectivity index (χ3v) is 8.76. The first-order valence-electron chi connectivity index (χ1n) is 14.1. The number of pyridine rings is 1. The van der Waals surface area contributed by atoms with Crippen LogP contribution in [0.15, 0.2) is 157 Å². The number of hydrogen-bond acceptors (Lipinski definition) is 2. The smallest absolute Gasteiger partial charge is 0.111 e. The van der Waals surface area contributed by atoms with Gasteiger partial charge < -0.3 is 0 Å². The van der Waals surface area contributed by atoms with Crippen LogP contribution in [0.25, 0.3) is 71.5 Å². The standard InChI is InChI=1S/C39H26N2S/c1-4-13-27(14-5-1)31-23-32(28-15-6-2-7-16-28)25-33(24-31)37-38(36-21-12-22-42-36)40-41-35(29-17-8-3-9-18-29)26-30-19-10-11-20-34(30)39(37)41/h1-26H. The average Bonchev–Trinajstić information content (AvgIpc) is 3.74. The van der Waals surface area contributed by atoms with Gasteiger partial charge in [-0.15, -0.1) is 11.3 Å². The Labute approximate surface area is 248 Å². The quantitative estimate of drug-likeness (QED) is 0.207. The fraction of sp³-hybridized carbons (Fsp3) is 0. The zero-order chi connectivity index (χ0) is 27.9. The highest BCUT2D eigenvalue weighted by Gasteiger charge is 2.23. The summed E-state index contributed by atoms with van der Waals surface area (Å²) in [6.45, 7) is 0. The zero-order valence-electron chi connectivity index (χ0n) is 22.8. The molecule has 8 aromatic rings. The average molecular weight is 555 g/mol. The Hall–Kier alpha value is -5.25. The van der Waals surface area contributed by atoms with Gasteiger partial charge in [0.1, 0.15) is 5.69 Å². The van der Waals surface area contributed by atoms with E-state index in [1.54, 1.807) is 11.3 Å². The van der Waals surface area contributed by atoms with Crippen molar-refractivity contribution >= 4 is 27.6 Å². The van der Waals surface area contributed by atoms with Crippen LogP contribution in [0.5, 0.6) is 0 Å². The van der Waals surface area contributed by atoms with Crippen molar-refractivity contribution in [2.75, 3.05) is 0 Å². The topological polar surface area (TPSA) is 17.3 Å². The summed E-state index contributed by atoms with van der Waals surface area (Å²) in [7, 11) is 0. The van der Waals surface area contributed by atoms with Crippen molar-refractivity contribution in [1.29, 1.82) is 0 Å². The van der Waals surface area contributed by atoms with E-state index in [0.29, 0.717) is 0 Å². The molecule has 8 rings (SSSR count). The molecule has 198 valence electrons. The monoisotopic (exact) mass is 554 g/mol. The third-order valence-electron chi connectivity index (χ3n) is 7.88. The second-order valence-electron chi connectivity index (χ2n) is 10.5. The van der Waals surface area contributed by atoms with Gasteiger partial charge in [0.2, 0.25) is 0 Å². The molecule has 3 aromatic heterocycles. The number of hydrogen-bond donors (Lipinski definition) is 0. The lowest BCUT2D eigenvalue weighted by Crippen LogP contribution is -1.95. The third kappa shape index (κ3) is 4.23. The zero-order valence-corrected chi connectivity index (χ0v) is 23.6. The summed E-state index contributed by atoms with van der Waals surface area (Å²) in [6.07, 6.45) is 0. The molecule has 0 saturated carbocycles. The summed E-state index contributed by atoms with van der Waals surface area (Å²) in [5, 5.41) is 9.91. The second kappa shape index (κ2) is 10.3. The van der Waals surface area contributed by atoms with Crippen LogP contribution in [0.2, 0.25) is 0 Å². The minimum atomic E-state index is 1.00. The molecule has 0 bridgehead atoms. The van der Waals surface area contributed by atoms with Crippen molar-refractivity contribution in [3.63, 3.8) is 0 Å². The van der Waals surface area contributed by atoms with Gasteiger partial charge in [-0.1, -0.05) is 121 Å². The molecule has 0 spiro atoms. The molecule has 42 heavy (non-hydrogen) atoms. The Bertz CT molecular complexity index is 2100. The van der Waals surface area contributed by atoms with E-state index in [4.69, 9.17) is 5.10 Å². The lowest BCUT2D eigenvalue weighted by atomic mass is 9.91. The number of fused-ring (bicyclic) bond motifs is 3.